The standard InChI is InChI=1S/C25H18F3O2S2.C21H18F3O2S2.C19H15F2O2S2.C19H16FO2S2/c26-25(27,28)23-18-21(16-17-24(23)32(29,30)22-14-8-3-9-15-22)31(19-10-4-1-5-11-19)20-12-6-2-7-13-20;1-15-13-18(14-19(21(22,23)24)20(15)28(2,25)26)27(16-9-5-3-6-10-16)17-11-7-4-8-12-17;1-25(22,23)19-17(20)12-16(13-18(19)21)24(14-8-4-2-5-9-14)15-10-6-3-7-11-15;1-24(21,22)19-13-12-17(14-18(19)20)23(15-8-4-2-5-9-15)16-10-6-3-7-11-16/h1-18H;3-14H,1-2H3;2-13H,1H3;2-14H,1H3/q4*+1. The first-order chi connectivity index (χ1) is 51.7. The van der Waals surface area contributed by atoms with E-state index in [0.29, 0.717) is 14.7 Å². The second kappa shape index (κ2) is 35.4. The highest BCUT2D eigenvalue weighted by atomic mass is 32.2. The topological polar surface area (TPSA) is 137 Å². The summed E-state index contributed by atoms with van der Waals surface area (Å²) < 4.78 is 223. The van der Waals surface area contributed by atoms with Crippen molar-refractivity contribution in [2.75, 3.05) is 18.8 Å². The molecule has 0 radical (unpaired) electrons. The van der Waals surface area contributed by atoms with Gasteiger partial charge in [0.2, 0.25) is 9.84 Å². The summed E-state index contributed by atoms with van der Waals surface area (Å²) in [4.78, 5) is 6.48. The summed E-state index contributed by atoms with van der Waals surface area (Å²) in [5.41, 5.74) is -2.19. The third-order valence-corrected chi connectivity index (χ3v) is 30.1. The maximum Gasteiger partial charge on any atom is 0.417 e. The van der Waals surface area contributed by atoms with Crippen molar-refractivity contribution >= 4 is 82.9 Å². The number of aryl methyl sites for hydroxylation is 1. The van der Waals surface area contributed by atoms with Gasteiger partial charge in [-0.1, -0.05) is 164 Å². The highest BCUT2D eigenvalue weighted by Gasteiger charge is 2.43. The molecule has 0 aromatic heterocycles. The van der Waals surface area contributed by atoms with Gasteiger partial charge in [0.1, 0.15) is 27.2 Å². The molecule has 0 atom stereocenters. The molecule has 8 nitrogen and oxygen atoms in total. The van der Waals surface area contributed by atoms with Crippen LogP contribution in [0.2, 0.25) is 0 Å². The molecule has 0 aliphatic carbocycles. The summed E-state index contributed by atoms with van der Waals surface area (Å²) >= 11 is 0. The fraction of sp³-hybridized carbons (Fsp3) is 0.0714. The zero-order valence-corrected chi connectivity index (χ0v) is 64.7. The lowest BCUT2D eigenvalue weighted by Gasteiger charge is -2.16. The first-order valence-electron chi connectivity index (χ1n) is 32.7. The van der Waals surface area contributed by atoms with E-state index in [-0.39, 0.29) is 15.4 Å². The number of hydrogen-bond donors (Lipinski definition) is 0. The minimum atomic E-state index is -4.84. The van der Waals surface area contributed by atoms with E-state index >= 15 is 0 Å². The lowest BCUT2D eigenvalue weighted by Crippen LogP contribution is -2.16. The van der Waals surface area contributed by atoms with Crippen molar-refractivity contribution in [2.24, 2.45) is 0 Å². The molecule has 0 aliphatic rings. The summed E-state index contributed by atoms with van der Waals surface area (Å²) in [7, 11) is -18.8. The van der Waals surface area contributed by atoms with Crippen molar-refractivity contribution in [2.45, 2.75) is 102 Å². The molecule has 0 saturated heterocycles. The molecule has 13 aromatic carbocycles. The predicted molar refractivity (Wildman–Crippen MR) is 412 cm³/mol. The second-order valence-corrected chi connectivity index (χ2v) is 39.9. The minimum Gasteiger partial charge on any atom is -0.224 e. The third kappa shape index (κ3) is 20.7. The van der Waals surface area contributed by atoms with Gasteiger partial charge in [-0.2, -0.15) is 26.3 Å². The van der Waals surface area contributed by atoms with Crippen LogP contribution in [0.5, 0.6) is 0 Å². The van der Waals surface area contributed by atoms with Crippen molar-refractivity contribution in [3.8, 4) is 0 Å². The summed E-state index contributed by atoms with van der Waals surface area (Å²) in [6.07, 6.45) is -7.00. The number of halogens is 9. The van der Waals surface area contributed by atoms with Crippen LogP contribution in [0.25, 0.3) is 0 Å². The van der Waals surface area contributed by atoms with Crippen LogP contribution in [0.3, 0.4) is 0 Å². The van der Waals surface area contributed by atoms with E-state index in [4.69, 9.17) is 0 Å². The molecule has 0 spiro atoms. The minimum absolute atomic E-state index is 0.0942. The van der Waals surface area contributed by atoms with Gasteiger partial charge in [0.05, 0.1) is 69.4 Å². The Kier molecular flexibility index (Phi) is 26.6. The van der Waals surface area contributed by atoms with Gasteiger partial charge in [-0.05, 0) is 152 Å². The third-order valence-electron chi connectivity index (χ3n) is 15.9. The molecule has 0 amide bonds. The molecular weight excluding hydrogens is 1560 g/mol. The normalized spacial score (nSPS) is 12.0. The van der Waals surface area contributed by atoms with E-state index in [1.54, 1.807) is 18.2 Å². The summed E-state index contributed by atoms with van der Waals surface area (Å²) in [6.45, 7) is 1.41. The van der Waals surface area contributed by atoms with Crippen molar-refractivity contribution < 1.29 is 73.2 Å². The maximum atomic E-state index is 14.4. The molecule has 0 N–H and O–H groups in total. The van der Waals surface area contributed by atoms with Crippen molar-refractivity contribution in [1.29, 1.82) is 0 Å². The number of alkyl halides is 6. The van der Waals surface area contributed by atoms with Crippen molar-refractivity contribution in [3.63, 3.8) is 0 Å². The Morgan fingerprint density at radius 3 is 0.771 bits per heavy atom. The number of hydrogen-bond acceptors (Lipinski definition) is 8. The van der Waals surface area contributed by atoms with Crippen LogP contribution < -0.4 is 0 Å². The SMILES string of the molecule is CS(=O)(=O)c1c(F)cc([S+](c2ccccc2)c2ccccc2)cc1F.CS(=O)(=O)c1ccc([S+](c2ccccc2)c2ccccc2)cc1F.Cc1cc([S+](c2ccccc2)c2ccccc2)cc(C(F)(F)F)c1S(C)(=O)=O.O=S(=O)(c1ccccc1)c1ccc([S+](c2ccccc2)c2ccccc2)cc1C(F)(F)F. The van der Waals surface area contributed by atoms with Gasteiger partial charge in [0.25, 0.3) is 0 Å². The molecule has 0 heterocycles. The Hall–Kier alpha value is -9.57. The van der Waals surface area contributed by atoms with E-state index in [1.807, 2.05) is 243 Å². The van der Waals surface area contributed by atoms with Gasteiger partial charge in [0.15, 0.2) is 88.3 Å². The molecule has 0 fully saturated rings. The van der Waals surface area contributed by atoms with Crippen LogP contribution in [-0.2, 0) is 95.3 Å². The quantitative estimate of drug-likeness (QED) is 0.0649. The van der Waals surface area contributed by atoms with Crippen LogP contribution in [-0.4, -0.2) is 52.4 Å². The van der Waals surface area contributed by atoms with Crippen molar-refractivity contribution in [3.05, 3.63) is 368 Å². The average molecular weight is 1630 g/mol. The van der Waals surface area contributed by atoms with E-state index in [9.17, 15) is 73.2 Å². The number of rotatable bonds is 17. The molecule has 25 heteroatoms. The fourth-order valence-corrected chi connectivity index (χ4v) is 24.2. The Morgan fingerprint density at radius 1 is 0.248 bits per heavy atom. The summed E-state index contributed by atoms with van der Waals surface area (Å²) in [5.74, 6) is -2.84. The first-order valence-corrected chi connectivity index (χ1v) is 44.8. The van der Waals surface area contributed by atoms with Crippen LogP contribution in [0.1, 0.15) is 16.7 Å². The smallest absolute Gasteiger partial charge is 0.224 e. The number of benzene rings is 13. The lowest BCUT2D eigenvalue weighted by molar-refractivity contribution is -0.140. The van der Waals surface area contributed by atoms with E-state index < -0.39 is 139 Å². The first kappa shape index (κ1) is 81.9. The van der Waals surface area contributed by atoms with Gasteiger partial charge >= 0.3 is 12.4 Å². The fourth-order valence-electron chi connectivity index (χ4n) is 11.4. The second-order valence-electron chi connectivity index (χ2n) is 23.9. The maximum absolute atomic E-state index is 14.4. The molecule has 13 rings (SSSR count). The molecule has 558 valence electrons. The Morgan fingerprint density at radius 2 is 0.495 bits per heavy atom. The lowest BCUT2D eigenvalue weighted by atomic mass is 10.1. The van der Waals surface area contributed by atoms with Gasteiger partial charge in [-0.15, -0.1) is 0 Å². The largest absolute Gasteiger partial charge is 0.417 e. The van der Waals surface area contributed by atoms with E-state index in [1.165, 1.54) is 49.4 Å². The van der Waals surface area contributed by atoms with Gasteiger partial charge in [-0.3, -0.25) is 0 Å². The van der Waals surface area contributed by atoms with Gasteiger partial charge in [0, 0.05) is 49.1 Å². The summed E-state index contributed by atoms with van der Waals surface area (Å²) in [5, 5.41) is 0. The molecular formula is C84H67F9O8S8+4. The monoisotopic (exact) mass is 1630 g/mol. The van der Waals surface area contributed by atoms with Gasteiger partial charge < -0.3 is 0 Å². The zero-order chi connectivity index (χ0) is 78.5. The average Bonchev–Trinajstić information content (AvgIpc) is 0.771. The Balaban J connectivity index is 0.000000156. The number of sulfone groups is 4. The van der Waals surface area contributed by atoms with Crippen LogP contribution in [0.4, 0.5) is 39.5 Å². The molecule has 0 aliphatic heterocycles. The van der Waals surface area contributed by atoms with Crippen LogP contribution in [0.15, 0.2) is 417 Å². The highest BCUT2D eigenvalue weighted by Crippen LogP contribution is 2.44. The Labute approximate surface area is 640 Å². The molecule has 0 saturated carbocycles. The van der Waals surface area contributed by atoms with Gasteiger partial charge in [-0.25, -0.2) is 46.8 Å². The van der Waals surface area contributed by atoms with Crippen molar-refractivity contribution in [1.82, 2.24) is 0 Å². The predicted octanol–water partition coefficient (Wildman–Crippen LogP) is 20.9. The summed E-state index contributed by atoms with van der Waals surface area (Å²) in [6, 6.07) is 95.1. The van der Waals surface area contributed by atoms with Crippen LogP contribution >= 0.6 is 0 Å². The Bertz CT molecular complexity index is 5560. The molecule has 0 unspecified atom stereocenters. The molecule has 0 bridgehead atoms. The highest BCUT2D eigenvalue weighted by molar-refractivity contribution is 7.98. The molecule has 13 aromatic rings. The molecule has 109 heavy (non-hydrogen) atoms. The van der Waals surface area contributed by atoms with Crippen LogP contribution in [0, 0.1) is 24.4 Å². The van der Waals surface area contributed by atoms with E-state index in [0.717, 1.165) is 93.2 Å². The van der Waals surface area contributed by atoms with E-state index in [2.05, 4.69) is 0 Å². The zero-order valence-electron chi connectivity index (χ0n) is 58.2.